The molecule has 0 amide bonds. The Morgan fingerprint density at radius 1 is 1.10 bits per heavy atom. The van der Waals surface area contributed by atoms with Crippen LogP contribution in [0.25, 0.3) is 11.2 Å². The third-order valence-electron chi connectivity index (χ3n) is 5.55. The number of benzene rings is 1. The molecule has 1 fully saturated rings. The first kappa shape index (κ1) is 22.2. The Bertz CT molecular complexity index is 1130. The van der Waals surface area contributed by atoms with E-state index in [9.17, 15) is 9.59 Å². The van der Waals surface area contributed by atoms with Gasteiger partial charge in [0, 0.05) is 40.2 Å². The van der Waals surface area contributed by atoms with E-state index in [1.54, 1.807) is 7.05 Å². The first-order valence-corrected chi connectivity index (χ1v) is 9.75. The van der Waals surface area contributed by atoms with Crippen LogP contribution in [-0.2, 0) is 25.3 Å². The molecule has 1 aliphatic heterocycles. The summed E-state index contributed by atoms with van der Waals surface area (Å²) in [6.45, 7) is 3.00. The fraction of sp³-hybridized carbons (Fsp3) is 0.450. The molecule has 1 unspecified atom stereocenters. The van der Waals surface area contributed by atoms with E-state index >= 15 is 0 Å². The number of morpholine rings is 1. The van der Waals surface area contributed by atoms with Crippen molar-refractivity contribution >= 4 is 23.6 Å². The van der Waals surface area contributed by atoms with Gasteiger partial charge in [0.2, 0.25) is 0 Å². The summed E-state index contributed by atoms with van der Waals surface area (Å²) in [6, 6.07) is 9.95. The molecule has 0 bridgehead atoms. The summed E-state index contributed by atoms with van der Waals surface area (Å²) in [6.07, 6.45) is 0.293. The Morgan fingerprint density at radius 3 is 2.40 bits per heavy atom. The van der Waals surface area contributed by atoms with Gasteiger partial charge in [-0.3, -0.25) is 18.8 Å². The second-order valence-electron chi connectivity index (χ2n) is 7.30. The van der Waals surface area contributed by atoms with Gasteiger partial charge < -0.3 is 15.0 Å². The van der Waals surface area contributed by atoms with E-state index in [0.717, 1.165) is 23.2 Å². The number of hydrogen-bond acceptors (Lipinski definition) is 6. The quantitative estimate of drug-likeness (QED) is 0.617. The Hall–Kier alpha value is -2.46. The minimum absolute atomic E-state index is 0. The van der Waals surface area contributed by atoms with Gasteiger partial charge in [0.15, 0.2) is 11.2 Å². The summed E-state index contributed by atoms with van der Waals surface area (Å²) >= 11 is 0. The Balaban J connectivity index is 0.00000256. The number of ether oxygens (including phenoxy) is 1. The van der Waals surface area contributed by atoms with Crippen LogP contribution in [-0.4, -0.2) is 56.4 Å². The van der Waals surface area contributed by atoms with E-state index in [4.69, 9.17) is 15.5 Å². The van der Waals surface area contributed by atoms with Crippen molar-refractivity contribution in [2.75, 3.05) is 32.8 Å². The van der Waals surface area contributed by atoms with Gasteiger partial charge >= 0.3 is 5.69 Å². The summed E-state index contributed by atoms with van der Waals surface area (Å²) < 4.78 is 9.96. The summed E-state index contributed by atoms with van der Waals surface area (Å²) in [5.74, 6) is 0.714. The number of nitrogens with zero attached hydrogens (tertiary/aromatic N) is 5. The van der Waals surface area contributed by atoms with Gasteiger partial charge in [-0.2, -0.15) is 0 Å². The molecule has 1 atom stereocenters. The van der Waals surface area contributed by atoms with E-state index in [-0.39, 0.29) is 24.1 Å². The second kappa shape index (κ2) is 9.13. The fourth-order valence-electron chi connectivity index (χ4n) is 3.98. The Morgan fingerprint density at radius 2 is 1.77 bits per heavy atom. The number of fused-ring (bicyclic) bond motifs is 1. The zero-order valence-electron chi connectivity index (χ0n) is 17.2. The van der Waals surface area contributed by atoms with E-state index in [1.807, 2.05) is 34.9 Å². The van der Waals surface area contributed by atoms with Gasteiger partial charge in [-0.1, -0.05) is 30.3 Å². The van der Waals surface area contributed by atoms with Crippen LogP contribution >= 0.6 is 12.4 Å². The maximum Gasteiger partial charge on any atom is 0.332 e. The lowest BCUT2D eigenvalue weighted by Gasteiger charge is -2.35. The van der Waals surface area contributed by atoms with Gasteiger partial charge in [0.05, 0.1) is 13.2 Å². The average molecular weight is 435 g/mol. The molecule has 3 aromatic rings. The van der Waals surface area contributed by atoms with Crippen LogP contribution < -0.4 is 17.0 Å². The van der Waals surface area contributed by atoms with E-state index in [2.05, 4.69) is 4.90 Å². The molecule has 1 saturated heterocycles. The highest BCUT2D eigenvalue weighted by Crippen LogP contribution is 2.23. The van der Waals surface area contributed by atoms with Crippen molar-refractivity contribution in [2.24, 2.45) is 19.8 Å². The summed E-state index contributed by atoms with van der Waals surface area (Å²) in [5.41, 5.74) is 7.30. The molecule has 10 heteroatoms. The monoisotopic (exact) mass is 434 g/mol. The van der Waals surface area contributed by atoms with Crippen molar-refractivity contribution < 1.29 is 4.74 Å². The third kappa shape index (κ3) is 3.81. The highest BCUT2D eigenvalue weighted by atomic mass is 35.5. The molecular weight excluding hydrogens is 408 g/mol. The van der Waals surface area contributed by atoms with Crippen molar-refractivity contribution in [3.8, 4) is 0 Å². The fourth-order valence-corrected chi connectivity index (χ4v) is 3.98. The number of nitrogens with two attached hydrogens (primary N) is 1. The maximum absolute atomic E-state index is 13.1. The molecule has 4 rings (SSSR count). The minimum atomic E-state index is -0.394. The molecule has 3 heterocycles. The van der Waals surface area contributed by atoms with Gasteiger partial charge in [0.25, 0.3) is 5.56 Å². The van der Waals surface area contributed by atoms with Gasteiger partial charge in [-0.25, -0.2) is 9.78 Å². The summed E-state index contributed by atoms with van der Waals surface area (Å²) in [5, 5.41) is 0. The molecular formula is C20H27ClN6O3. The highest BCUT2D eigenvalue weighted by molar-refractivity contribution is 5.85. The maximum atomic E-state index is 13.1. The molecule has 0 spiro atoms. The van der Waals surface area contributed by atoms with Crippen molar-refractivity contribution in [1.29, 1.82) is 0 Å². The van der Waals surface area contributed by atoms with Crippen LogP contribution in [0, 0.1) is 0 Å². The van der Waals surface area contributed by atoms with Crippen LogP contribution in [0.1, 0.15) is 17.6 Å². The van der Waals surface area contributed by atoms with Gasteiger partial charge in [0.1, 0.15) is 12.0 Å². The lowest BCUT2D eigenvalue weighted by atomic mass is 10.1. The summed E-state index contributed by atoms with van der Waals surface area (Å²) in [4.78, 5) is 32.5. The molecule has 2 N–H and O–H groups in total. The molecule has 30 heavy (non-hydrogen) atoms. The van der Waals surface area contributed by atoms with E-state index < -0.39 is 5.69 Å². The number of rotatable bonds is 5. The van der Waals surface area contributed by atoms with Gasteiger partial charge in [-0.15, -0.1) is 12.4 Å². The second-order valence-corrected chi connectivity index (χ2v) is 7.30. The molecule has 0 saturated carbocycles. The van der Waals surface area contributed by atoms with Crippen molar-refractivity contribution in [3.05, 3.63) is 62.6 Å². The molecule has 1 aromatic carbocycles. The van der Waals surface area contributed by atoms with Crippen LogP contribution in [0.15, 0.2) is 39.9 Å². The van der Waals surface area contributed by atoms with Crippen LogP contribution in [0.5, 0.6) is 0 Å². The third-order valence-corrected chi connectivity index (χ3v) is 5.55. The number of aromatic nitrogens is 4. The first-order valence-electron chi connectivity index (χ1n) is 9.75. The molecule has 162 valence electrons. The van der Waals surface area contributed by atoms with E-state index in [1.165, 1.54) is 11.6 Å². The molecule has 0 aliphatic carbocycles. The number of halogens is 1. The van der Waals surface area contributed by atoms with Crippen molar-refractivity contribution in [1.82, 2.24) is 23.6 Å². The molecule has 0 radical (unpaired) electrons. The minimum Gasteiger partial charge on any atom is -0.379 e. The first-order chi connectivity index (χ1) is 14.0. The summed E-state index contributed by atoms with van der Waals surface area (Å²) in [7, 11) is 3.13. The predicted octanol–water partition coefficient (Wildman–Crippen LogP) is 0.236. The topological polar surface area (TPSA) is 100 Å². The molecule has 9 nitrogen and oxygen atoms in total. The van der Waals surface area contributed by atoms with Crippen molar-refractivity contribution in [2.45, 2.75) is 12.6 Å². The van der Waals surface area contributed by atoms with Crippen LogP contribution in [0.3, 0.4) is 0 Å². The van der Waals surface area contributed by atoms with Gasteiger partial charge in [-0.05, 0) is 5.56 Å². The van der Waals surface area contributed by atoms with E-state index in [0.29, 0.717) is 43.2 Å². The molecule has 2 aromatic heterocycles. The standard InChI is InChI=1S/C20H26N6O3.ClH/c1-23-18-17(19(27)24(2)20(23)28)26(16(13-21)25-8-10-29-11-9-25)15(22-18)12-14-6-4-3-5-7-14;/h3-7,16H,8-13,21H2,1-2H3;1H. The highest BCUT2D eigenvalue weighted by Gasteiger charge is 2.28. The normalized spacial score (nSPS) is 15.8. The zero-order valence-corrected chi connectivity index (χ0v) is 18.0. The largest absolute Gasteiger partial charge is 0.379 e. The lowest BCUT2D eigenvalue weighted by Crippen LogP contribution is -2.46. The number of hydrogen-bond donors (Lipinski definition) is 1. The lowest BCUT2D eigenvalue weighted by molar-refractivity contribution is 0.00133. The number of imidazole rings is 1. The Kier molecular flexibility index (Phi) is 6.77. The van der Waals surface area contributed by atoms with Crippen molar-refractivity contribution in [3.63, 3.8) is 0 Å². The smallest absolute Gasteiger partial charge is 0.332 e. The number of aryl methyl sites for hydroxylation is 1. The average Bonchev–Trinajstić information content (AvgIpc) is 3.12. The van der Waals surface area contributed by atoms with Crippen LogP contribution in [0.4, 0.5) is 0 Å². The Labute approximate surface area is 180 Å². The van der Waals surface area contributed by atoms with Crippen LogP contribution in [0.2, 0.25) is 0 Å². The molecule has 1 aliphatic rings. The predicted molar refractivity (Wildman–Crippen MR) is 117 cm³/mol. The zero-order chi connectivity index (χ0) is 20.5. The SMILES string of the molecule is Cl.Cn1c(=O)c2c(nc(Cc3ccccc3)n2C(CN)N2CCOCC2)n(C)c1=O.